The van der Waals surface area contributed by atoms with Crippen molar-refractivity contribution in [3.8, 4) is 0 Å². The summed E-state index contributed by atoms with van der Waals surface area (Å²) in [6.45, 7) is 1.89. The molecule has 4 aromatic rings. The highest BCUT2D eigenvalue weighted by atomic mass is 32.2. The number of hydrogen-bond donors (Lipinski definition) is 4. The van der Waals surface area contributed by atoms with E-state index in [4.69, 9.17) is 5.73 Å². The van der Waals surface area contributed by atoms with E-state index in [1.807, 2.05) is 49.4 Å². The van der Waals surface area contributed by atoms with Gasteiger partial charge < -0.3 is 21.7 Å². The molecule has 0 heterocycles. The van der Waals surface area contributed by atoms with Gasteiger partial charge in [0.25, 0.3) is 17.7 Å². The van der Waals surface area contributed by atoms with Crippen LogP contribution in [0.2, 0.25) is 0 Å². The fourth-order valence-corrected chi connectivity index (χ4v) is 5.02. The van der Waals surface area contributed by atoms with Crippen LogP contribution < -0.4 is 21.7 Å². The van der Waals surface area contributed by atoms with Crippen molar-refractivity contribution in [1.82, 2.24) is 5.32 Å². The molecule has 0 spiro atoms. The molecule has 0 fully saturated rings. The van der Waals surface area contributed by atoms with Crippen LogP contribution >= 0.6 is 11.8 Å². The number of para-hydroxylation sites is 1. The number of thioether (sulfide) groups is 1. The van der Waals surface area contributed by atoms with Gasteiger partial charge in [0.15, 0.2) is 0 Å². The molecule has 1 atom stereocenters. The number of rotatable bonds is 11. The molecule has 212 valence electrons. The predicted octanol–water partition coefficient (Wildman–Crippen LogP) is 5.70. The van der Waals surface area contributed by atoms with Crippen LogP contribution in [0.4, 0.5) is 11.4 Å². The van der Waals surface area contributed by atoms with Crippen LogP contribution in [-0.2, 0) is 9.59 Å². The summed E-state index contributed by atoms with van der Waals surface area (Å²) in [7, 11) is 0. The normalized spacial score (nSPS) is 11.7. The first-order valence-corrected chi connectivity index (χ1v) is 14.1. The second-order valence-electron chi connectivity index (χ2n) is 9.18. The van der Waals surface area contributed by atoms with E-state index >= 15 is 0 Å². The Kier molecular flexibility index (Phi) is 10.3. The number of amides is 4. The predicted molar refractivity (Wildman–Crippen MR) is 167 cm³/mol. The van der Waals surface area contributed by atoms with Crippen LogP contribution in [0.5, 0.6) is 0 Å². The zero-order chi connectivity index (χ0) is 29.9. The quantitative estimate of drug-likeness (QED) is 0.134. The molecule has 0 saturated carbocycles. The Hall–Kier alpha value is -5.15. The number of carbonyl (C=O) groups excluding carboxylic acids is 4. The summed E-state index contributed by atoms with van der Waals surface area (Å²) in [4.78, 5) is 51.8. The lowest BCUT2D eigenvalue weighted by atomic mass is 10.1. The molecule has 4 amide bonds. The largest absolute Gasteiger partial charge is 0.366 e. The van der Waals surface area contributed by atoms with Gasteiger partial charge in [0.05, 0.1) is 16.5 Å². The zero-order valence-corrected chi connectivity index (χ0v) is 23.7. The Morgan fingerprint density at radius 3 is 2.17 bits per heavy atom. The third-order valence-electron chi connectivity index (χ3n) is 6.12. The van der Waals surface area contributed by atoms with Crippen molar-refractivity contribution in [2.75, 3.05) is 10.6 Å². The van der Waals surface area contributed by atoms with Crippen molar-refractivity contribution in [2.24, 2.45) is 5.73 Å². The number of nitrogens with two attached hydrogens (primary N) is 1. The molecular weight excluding hydrogens is 548 g/mol. The van der Waals surface area contributed by atoms with Gasteiger partial charge >= 0.3 is 0 Å². The maximum atomic E-state index is 13.4. The Morgan fingerprint density at radius 1 is 0.810 bits per heavy atom. The lowest BCUT2D eigenvalue weighted by molar-refractivity contribution is -0.116. The number of primary amides is 1. The van der Waals surface area contributed by atoms with Gasteiger partial charge in [-0.2, -0.15) is 0 Å². The van der Waals surface area contributed by atoms with Crippen molar-refractivity contribution < 1.29 is 19.2 Å². The minimum absolute atomic E-state index is 0.0760. The average Bonchev–Trinajstić information content (AvgIpc) is 3.00. The average molecular weight is 579 g/mol. The molecule has 8 nitrogen and oxygen atoms in total. The van der Waals surface area contributed by atoms with Crippen LogP contribution in [0, 0.1) is 0 Å². The highest BCUT2D eigenvalue weighted by molar-refractivity contribution is 8.00. The Morgan fingerprint density at radius 2 is 1.48 bits per heavy atom. The minimum Gasteiger partial charge on any atom is -0.366 e. The molecule has 4 aromatic carbocycles. The maximum Gasteiger partial charge on any atom is 0.272 e. The van der Waals surface area contributed by atoms with E-state index in [1.54, 1.807) is 72.8 Å². The van der Waals surface area contributed by atoms with Crippen LogP contribution in [0.25, 0.3) is 6.08 Å². The van der Waals surface area contributed by atoms with Gasteiger partial charge in [0.1, 0.15) is 5.70 Å². The van der Waals surface area contributed by atoms with Crippen LogP contribution in [0.1, 0.15) is 39.6 Å². The number of carbonyl (C=O) groups is 4. The van der Waals surface area contributed by atoms with Gasteiger partial charge in [-0.05, 0) is 60.5 Å². The molecule has 0 saturated heterocycles. The lowest BCUT2D eigenvalue weighted by Gasteiger charge is -2.17. The van der Waals surface area contributed by atoms with Gasteiger partial charge in [0, 0.05) is 16.1 Å². The third-order valence-corrected chi connectivity index (χ3v) is 7.48. The summed E-state index contributed by atoms with van der Waals surface area (Å²) in [5.74, 6) is -1.82. The number of benzene rings is 4. The number of nitrogens with one attached hydrogen (secondary N) is 3. The van der Waals surface area contributed by atoms with Crippen molar-refractivity contribution in [3.05, 3.63) is 132 Å². The summed E-state index contributed by atoms with van der Waals surface area (Å²) in [6.07, 6.45) is 2.12. The molecule has 0 aliphatic heterocycles. The second-order valence-corrected chi connectivity index (χ2v) is 10.5. The molecule has 9 heteroatoms. The van der Waals surface area contributed by atoms with Crippen molar-refractivity contribution in [1.29, 1.82) is 0 Å². The van der Waals surface area contributed by atoms with Gasteiger partial charge in [-0.15, -0.1) is 11.8 Å². The van der Waals surface area contributed by atoms with Crippen LogP contribution in [-0.4, -0.2) is 28.9 Å². The summed E-state index contributed by atoms with van der Waals surface area (Å²) in [5, 5.41) is 7.91. The first kappa shape index (κ1) is 29.8. The molecule has 0 aromatic heterocycles. The van der Waals surface area contributed by atoms with Crippen molar-refractivity contribution in [3.63, 3.8) is 0 Å². The van der Waals surface area contributed by atoms with Gasteiger partial charge in [-0.25, -0.2) is 0 Å². The van der Waals surface area contributed by atoms with E-state index in [9.17, 15) is 19.2 Å². The highest BCUT2D eigenvalue weighted by Gasteiger charge is 2.21. The molecule has 0 aliphatic carbocycles. The molecular formula is C33H30N4O4S. The van der Waals surface area contributed by atoms with Crippen LogP contribution in [0.3, 0.4) is 0 Å². The van der Waals surface area contributed by atoms with Gasteiger partial charge in [-0.3, -0.25) is 19.2 Å². The number of anilines is 2. The Bertz CT molecular complexity index is 1610. The van der Waals surface area contributed by atoms with E-state index in [-0.39, 0.29) is 17.2 Å². The zero-order valence-electron chi connectivity index (χ0n) is 22.9. The molecule has 0 aliphatic rings. The molecule has 42 heavy (non-hydrogen) atoms. The molecule has 1 unspecified atom stereocenters. The van der Waals surface area contributed by atoms with Gasteiger partial charge in [0.2, 0.25) is 5.91 Å². The summed E-state index contributed by atoms with van der Waals surface area (Å²) >= 11 is 1.33. The van der Waals surface area contributed by atoms with E-state index < -0.39 is 23.0 Å². The van der Waals surface area contributed by atoms with E-state index in [0.29, 0.717) is 23.4 Å². The van der Waals surface area contributed by atoms with E-state index in [0.717, 1.165) is 10.5 Å². The Balaban J connectivity index is 1.49. The summed E-state index contributed by atoms with van der Waals surface area (Å²) < 4.78 is 0. The van der Waals surface area contributed by atoms with Crippen LogP contribution in [0.15, 0.2) is 120 Å². The van der Waals surface area contributed by atoms with Gasteiger partial charge in [-0.1, -0.05) is 73.7 Å². The molecule has 5 N–H and O–H groups in total. The van der Waals surface area contributed by atoms with E-state index in [1.165, 1.54) is 11.8 Å². The molecule has 4 rings (SSSR count). The smallest absolute Gasteiger partial charge is 0.272 e. The van der Waals surface area contributed by atoms with Crippen molar-refractivity contribution in [2.45, 2.75) is 23.5 Å². The third kappa shape index (κ3) is 8.18. The standard InChI is InChI=1S/C33H30N4O4S/c1-2-29(33(41)36-27-19-10-9-18-26(27)30(34)38)42-25-17-11-16-24(21-25)35-32(40)28(20-22-12-5-3-6-13-22)37-31(39)23-14-7-4-8-15-23/h3-21,29H,2H2,1H3,(H2,34,38)(H,35,40)(H,36,41)(H,37,39)/b28-20+. The first-order valence-electron chi connectivity index (χ1n) is 13.2. The molecule has 0 radical (unpaired) electrons. The lowest BCUT2D eigenvalue weighted by Crippen LogP contribution is -2.30. The van der Waals surface area contributed by atoms with Crippen molar-refractivity contribution >= 4 is 52.8 Å². The highest BCUT2D eigenvalue weighted by Crippen LogP contribution is 2.29. The molecule has 0 bridgehead atoms. The monoisotopic (exact) mass is 578 g/mol. The fourth-order valence-electron chi connectivity index (χ4n) is 4.01. The van der Waals surface area contributed by atoms with E-state index in [2.05, 4.69) is 16.0 Å². The minimum atomic E-state index is -0.629. The SMILES string of the molecule is CCC(Sc1cccc(NC(=O)/C(=C\c2ccccc2)NC(=O)c2ccccc2)c1)C(=O)Nc1ccccc1C(N)=O. The summed E-state index contributed by atoms with van der Waals surface area (Å²) in [6, 6.07) is 31.5. The maximum absolute atomic E-state index is 13.4. The number of hydrogen-bond acceptors (Lipinski definition) is 5. The topological polar surface area (TPSA) is 130 Å². The Labute approximate surface area is 248 Å². The second kappa shape index (κ2) is 14.5. The fraction of sp³-hybridized carbons (Fsp3) is 0.0909. The first-order chi connectivity index (χ1) is 20.3. The summed E-state index contributed by atoms with van der Waals surface area (Å²) in [5.41, 5.74) is 7.76.